The van der Waals surface area contributed by atoms with Gasteiger partial charge in [-0.15, -0.1) is 0 Å². The summed E-state index contributed by atoms with van der Waals surface area (Å²) in [5.74, 6) is -0.272. The lowest BCUT2D eigenvalue weighted by Gasteiger charge is -2.30. The van der Waals surface area contributed by atoms with Crippen LogP contribution in [-0.4, -0.2) is 51.5 Å². The third-order valence-electron chi connectivity index (χ3n) is 5.10. The van der Waals surface area contributed by atoms with Crippen molar-refractivity contribution in [3.8, 4) is 5.75 Å². The molecule has 0 aromatic heterocycles. The van der Waals surface area contributed by atoms with Crippen molar-refractivity contribution in [1.29, 1.82) is 0 Å². The van der Waals surface area contributed by atoms with E-state index in [4.69, 9.17) is 9.47 Å². The highest BCUT2D eigenvalue weighted by atomic mass is 32.2. The standard InChI is InChI=1S/C22H27FN2O5S/c1-2-29-15-16-30-20-7-9-21(10-8-20)31(27,28)25-13-11-17(12-14-25)22(26)24-19-5-3-18(23)4-6-19/h3-10,17H,2,11-16H2,1H3,(H,24,26). The summed E-state index contributed by atoms with van der Waals surface area (Å²) in [5, 5.41) is 2.76. The lowest BCUT2D eigenvalue weighted by atomic mass is 9.97. The molecule has 0 atom stereocenters. The quantitative estimate of drug-likeness (QED) is 0.593. The number of benzene rings is 2. The summed E-state index contributed by atoms with van der Waals surface area (Å²) >= 11 is 0. The highest BCUT2D eigenvalue weighted by molar-refractivity contribution is 7.89. The topological polar surface area (TPSA) is 84.9 Å². The third kappa shape index (κ3) is 6.25. The first-order chi connectivity index (χ1) is 14.9. The van der Waals surface area contributed by atoms with Crippen LogP contribution in [0.3, 0.4) is 0 Å². The van der Waals surface area contributed by atoms with Gasteiger partial charge in [-0.3, -0.25) is 4.79 Å². The molecule has 1 fully saturated rings. The summed E-state index contributed by atoms with van der Waals surface area (Å²) < 4.78 is 51.0. The number of sulfonamides is 1. The maximum atomic E-state index is 13.0. The number of piperidine rings is 1. The predicted octanol–water partition coefficient (Wildman–Crippen LogP) is 3.28. The minimum atomic E-state index is -3.64. The Hall–Kier alpha value is -2.49. The molecule has 1 saturated heterocycles. The van der Waals surface area contributed by atoms with Crippen LogP contribution in [0.15, 0.2) is 53.4 Å². The maximum absolute atomic E-state index is 13.0. The molecule has 31 heavy (non-hydrogen) atoms. The summed E-state index contributed by atoms with van der Waals surface area (Å²) in [6.07, 6.45) is 0.843. The Bertz CT molecular complexity index is 956. The van der Waals surface area contributed by atoms with Crippen LogP contribution >= 0.6 is 0 Å². The van der Waals surface area contributed by atoms with E-state index in [0.717, 1.165) is 0 Å². The van der Waals surface area contributed by atoms with E-state index in [1.165, 1.54) is 40.7 Å². The maximum Gasteiger partial charge on any atom is 0.243 e. The highest BCUT2D eigenvalue weighted by Gasteiger charge is 2.32. The molecule has 1 aliphatic rings. The molecule has 0 spiro atoms. The summed E-state index contributed by atoms with van der Waals surface area (Å²) in [6.45, 7) is 3.91. The second-order valence-electron chi connectivity index (χ2n) is 7.19. The largest absolute Gasteiger partial charge is 0.491 e. The number of nitrogens with zero attached hydrogens (tertiary/aromatic N) is 1. The molecule has 0 unspecified atom stereocenters. The molecular formula is C22H27FN2O5S. The number of hydrogen-bond acceptors (Lipinski definition) is 5. The molecule has 0 saturated carbocycles. The fourth-order valence-corrected chi connectivity index (χ4v) is 4.83. The van der Waals surface area contributed by atoms with Crippen molar-refractivity contribution in [3.63, 3.8) is 0 Å². The highest BCUT2D eigenvalue weighted by Crippen LogP contribution is 2.26. The van der Waals surface area contributed by atoms with E-state index in [0.29, 0.717) is 44.1 Å². The number of halogens is 1. The van der Waals surface area contributed by atoms with E-state index in [2.05, 4.69) is 5.32 Å². The van der Waals surface area contributed by atoms with Crippen molar-refractivity contribution in [2.45, 2.75) is 24.7 Å². The van der Waals surface area contributed by atoms with Crippen molar-refractivity contribution >= 4 is 21.6 Å². The van der Waals surface area contributed by atoms with Gasteiger partial charge in [0.25, 0.3) is 0 Å². The predicted molar refractivity (Wildman–Crippen MR) is 115 cm³/mol. The van der Waals surface area contributed by atoms with Gasteiger partial charge in [-0.05, 0) is 68.3 Å². The van der Waals surface area contributed by atoms with Crippen molar-refractivity contribution in [2.75, 3.05) is 38.2 Å². The number of hydrogen-bond donors (Lipinski definition) is 1. The third-order valence-corrected chi connectivity index (χ3v) is 7.01. The molecule has 3 rings (SSSR count). The van der Waals surface area contributed by atoms with Crippen molar-refractivity contribution < 1.29 is 27.1 Å². The number of anilines is 1. The number of rotatable bonds is 9. The van der Waals surface area contributed by atoms with E-state index < -0.39 is 10.0 Å². The second kappa shape index (κ2) is 10.7. The van der Waals surface area contributed by atoms with Crippen LogP contribution in [0.25, 0.3) is 0 Å². The average molecular weight is 451 g/mol. The first-order valence-electron chi connectivity index (χ1n) is 10.3. The molecule has 168 valence electrons. The number of amides is 1. The summed E-state index contributed by atoms with van der Waals surface area (Å²) in [5.41, 5.74) is 0.519. The summed E-state index contributed by atoms with van der Waals surface area (Å²) in [7, 11) is -3.64. The zero-order valence-corrected chi connectivity index (χ0v) is 18.2. The Balaban J connectivity index is 1.53. The van der Waals surface area contributed by atoms with Gasteiger partial charge in [-0.1, -0.05) is 0 Å². The smallest absolute Gasteiger partial charge is 0.243 e. The van der Waals surface area contributed by atoms with Gasteiger partial charge in [0.1, 0.15) is 18.2 Å². The Morgan fingerprint density at radius 3 is 2.32 bits per heavy atom. The van der Waals surface area contributed by atoms with Crippen LogP contribution < -0.4 is 10.1 Å². The van der Waals surface area contributed by atoms with E-state index in [9.17, 15) is 17.6 Å². The van der Waals surface area contributed by atoms with Gasteiger partial charge in [-0.25, -0.2) is 12.8 Å². The summed E-state index contributed by atoms with van der Waals surface area (Å²) in [6, 6.07) is 11.9. The molecule has 7 nitrogen and oxygen atoms in total. The monoisotopic (exact) mass is 450 g/mol. The Labute approximate surface area is 182 Å². The van der Waals surface area contributed by atoms with Crippen LogP contribution in [0.1, 0.15) is 19.8 Å². The molecule has 0 radical (unpaired) electrons. The molecule has 2 aromatic rings. The van der Waals surface area contributed by atoms with E-state index in [1.807, 2.05) is 6.92 Å². The van der Waals surface area contributed by atoms with Crippen LogP contribution in [-0.2, 0) is 19.6 Å². The van der Waals surface area contributed by atoms with Gasteiger partial charge in [0, 0.05) is 31.3 Å². The van der Waals surface area contributed by atoms with Gasteiger partial charge in [0.2, 0.25) is 15.9 Å². The fraction of sp³-hybridized carbons (Fsp3) is 0.409. The van der Waals surface area contributed by atoms with Crippen LogP contribution in [0.2, 0.25) is 0 Å². The van der Waals surface area contributed by atoms with Crippen molar-refractivity contribution in [1.82, 2.24) is 4.31 Å². The first-order valence-corrected chi connectivity index (χ1v) is 11.7. The zero-order chi connectivity index (χ0) is 22.3. The molecule has 0 aliphatic carbocycles. The van der Waals surface area contributed by atoms with E-state index in [1.54, 1.807) is 12.1 Å². The normalized spacial score (nSPS) is 15.5. The van der Waals surface area contributed by atoms with Gasteiger partial charge in [0.15, 0.2) is 0 Å². The molecule has 1 aliphatic heterocycles. The van der Waals surface area contributed by atoms with Gasteiger partial charge in [-0.2, -0.15) is 4.31 Å². The minimum absolute atomic E-state index is 0.183. The second-order valence-corrected chi connectivity index (χ2v) is 9.13. The Morgan fingerprint density at radius 2 is 1.71 bits per heavy atom. The zero-order valence-electron chi connectivity index (χ0n) is 17.4. The van der Waals surface area contributed by atoms with Crippen molar-refractivity contribution in [2.24, 2.45) is 5.92 Å². The van der Waals surface area contributed by atoms with Crippen molar-refractivity contribution in [3.05, 3.63) is 54.3 Å². The molecule has 0 bridgehead atoms. The molecule has 2 aromatic carbocycles. The number of carbonyl (C=O) groups is 1. The molecule has 1 heterocycles. The van der Waals surface area contributed by atoms with Crippen LogP contribution in [0.4, 0.5) is 10.1 Å². The first kappa shape index (κ1) is 23.2. The van der Waals surface area contributed by atoms with E-state index in [-0.39, 0.29) is 35.6 Å². The molecule has 1 amide bonds. The van der Waals surface area contributed by atoms with E-state index >= 15 is 0 Å². The molecular weight excluding hydrogens is 423 g/mol. The van der Waals surface area contributed by atoms with Gasteiger partial charge < -0.3 is 14.8 Å². The lowest BCUT2D eigenvalue weighted by molar-refractivity contribution is -0.120. The van der Waals surface area contributed by atoms with Crippen LogP contribution in [0.5, 0.6) is 5.75 Å². The Kier molecular flexibility index (Phi) is 8.00. The lowest BCUT2D eigenvalue weighted by Crippen LogP contribution is -2.41. The number of carbonyl (C=O) groups excluding carboxylic acids is 1. The SMILES string of the molecule is CCOCCOc1ccc(S(=O)(=O)N2CCC(C(=O)Nc3ccc(F)cc3)CC2)cc1. The van der Waals surface area contributed by atoms with Gasteiger partial charge in [0.05, 0.1) is 11.5 Å². The fourth-order valence-electron chi connectivity index (χ4n) is 3.36. The minimum Gasteiger partial charge on any atom is -0.491 e. The van der Waals surface area contributed by atoms with Gasteiger partial charge >= 0.3 is 0 Å². The number of ether oxygens (including phenoxy) is 2. The number of nitrogens with one attached hydrogen (secondary N) is 1. The summed E-state index contributed by atoms with van der Waals surface area (Å²) in [4.78, 5) is 12.6. The molecule has 9 heteroatoms. The van der Waals surface area contributed by atoms with Crippen LogP contribution in [0, 0.1) is 11.7 Å². The average Bonchev–Trinajstić information content (AvgIpc) is 2.78. The Morgan fingerprint density at radius 1 is 1.06 bits per heavy atom. The molecule has 1 N–H and O–H groups in total.